The zero-order valence-corrected chi connectivity index (χ0v) is 10.6. The minimum Gasteiger partial charge on any atom is -0.304 e. The first-order chi connectivity index (χ1) is 8.24. The van der Waals surface area contributed by atoms with Gasteiger partial charge in [0.2, 0.25) is 0 Å². The van der Waals surface area contributed by atoms with Gasteiger partial charge in [-0.1, -0.05) is 6.07 Å². The minimum absolute atomic E-state index is 0.681. The van der Waals surface area contributed by atoms with E-state index in [-0.39, 0.29) is 0 Å². The lowest BCUT2D eigenvalue weighted by atomic mass is 10.1. The molecule has 3 rings (SSSR count). The predicted molar refractivity (Wildman–Crippen MR) is 69.3 cm³/mol. The van der Waals surface area contributed by atoms with Crippen molar-refractivity contribution < 1.29 is 0 Å². The van der Waals surface area contributed by atoms with Gasteiger partial charge in [0.1, 0.15) is 5.65 Å². The zero-order chi connectivity index (χ0) is 11.8. The van der Waals surface area contributed by atoms with Crippen LogP contribution in [0.5, 0.6) is 0 Å². The Morgan fingerprint density at radius 3 is 3.00 bits per heavy atom. The van der Waals surface area contributed by atoms with E-state index in [0.717, 1.165) is 12.1 Å². The third-order valence-electron chi connectivity index (χ3n) is 3.86. The van der Waals surface area contributed by atoms with Crippen LogP contribution in [-0.2, 0) is 6.42 Å². The number of nitrogens with zero attached hydrogens (tertiary/aromatic N) is 3. The van der Waals surface area contributed by atoms with E-state index < -0.39 is 0 Å². The highest BCUT2D eigenvalue weighted by atomic mass is 15.1. The van der Waals surface area contributed by atoms with Gasteiger partial charge in [-0.25, -0.2) is 4.98 Å². The second-order valence-corrected chi connectivity index (χ2v) is 5.11. The van der Waals surface area contributed by atoms with Gasteiger partial charge in [0.25, 0.3) is 0 Å². The standard InChI is InChI=1S/C14H19N3/c1-11-5-3-7-14-15-12(10-17(11)14)9-13-6-4-8-16(13)2/h3,5,7,10,13H,4,6,8-9H2,1-2H3. The van der Waals surface area contributed by atoms with Gasteiger partial charge >= 0.3 is 0 Å². The molecule has 2 aromatic rings. The first kappa shape index (κ1) is 10.8. The van der Waals surface area contributed by atoms with E-state index in [1.165, 1.54) is 30.8 Å². The summed E-state index contributed by atoms with van der Waals surface area (Å²) in [6.07, 6.45) is 5.91. The van der Waals surface area contributed by atoms with Gasteiger partial charge < -0.3 is 9.30 Å². The number of aromatic nitrogens is 2. The monoisotopic (exact) mass is 229 g/mol. The summed E-state index contributed by atoms with van der Waals surface area (Å²) in [6, 6.07) is 6.96. The van der Waals surface area contributed by atoms with Crippen LogP contribution in [0.15, 0.2) is 24.4 Å². The highest BCUT2D eigenvalue weighted by molar-refractivity contribution is 5.41. The fourth-order valence-corrected chi connectivity index (χ4v) is 2.78. The Morgan fingerprint density at radius 1 is 1.41 bits per heavy atom. The molecule has 1 aliphatic heterocycles. The molecule has 0 spiro atoms. The molecule has 17 heavy (non-hydrogen) atoms. The van der Waals surface area contributed by atoms with Crippen LogP contribution in [0.4, 0.5) is 0 Å². The topological polar surface area (TPSA) is 20.5 Å². The SMILES string of the molecule is Cc1cccc2nc(CC3CCCN3C)cn12. The van der Waals surface area contributed by atoms with Gasteiger partial charge in [0.15, 0.2) is 0 Å². The molecule has 3 heterocycles. The molecule has 3 nitrogen and oxygen atoms in total. The Morgan fingerprint density at radius 2 is 2.29 bits per heavy atom. The molecular weight excluding hydrogens is 210 g/mol. The molecule has 0 amide bonds. The van der Waals surface area contributed by atoms with Crippen molar-refractivity contribution in [3.63, 3.8) is 0 Å². The maximum absolute atomic E-state index is 4.71. The molecule has 1 fully saturated rings. The Bertz CT molecular complexity index is 529. The summed E-state index contributed by atoms with van der Waals surface area (Å²) >= 11 is 0. The molecule has 1 aliphatic rings. The Balaban J connectivity index is 1.88. The van der Waals surface area contributed by atoms with Gasteiger partial charge in [-0.05, 0) is 45.5 Å². The summed E-state index contributed by atoms with van der Waals surface area (Å²) in [5.41, 5.74) is 3.54. The van der Waals surface area contributed by atoms with Crippen molar-refractivity contribution in [3.05, 3.63) is 35.8 Å². The second-order valence-electron chi connectivity index (χ2n) is 5.11. The highest BCUT2D eigenvalue weighted by Crippen LogP contribution is 2.19. The van der Waals surface area contributed by atoms with E-state index in [1.807, 2.05) is 0 Å². The molecule has 0 N–H and O–H groups in total. The van der Waals surface area contributed by atoms with Crippen LogP contribution in [0.1, 0.15) is 24.2 Å². The van der Waals surface area contributed by atoms with Crippen molar-refractivity contribution in [1.82, 2.24) is 14.3 Å². The molecule has 3 heteroatoms. The summed E-state index contributed by atoms with van der Waals surface area (Å²) in [5, 5.41) is 0. The normalized spacial score (nSPS) is 21.4. The summed E-state index contributed by atoms with van der Waals surface area (Å²) in [5.74, 6) is 0. The lowest BCUT2D eigenvalue weighted by molar-refractivity contribution is 0.308. The first-order valence-electron chi connectivity index (χ1n) is 6.38. The van der Waals surface area contributed by atoms with Crippen LogP contribution in [0.2, 0.25) is 0 Å². The van der Waals surface area contributed by atoms with Gasteiger partial charge in [-0.3, -0.25) is 0 Å². The lowest BCUT2D eigenvalue weighted by Crippen LogP contribution is -2.26. The third kappa shape index (κ3) is 1.95. The zero-order valence-electron chi connectivity index (χ0n) is 10.6. The first-order valence-corrected chi connectivity index (χ1v) is 6.38. The van der Waals surface area contributed by atoms with Crippen LogP contribution in [-0.4, -0.2) is 33.9 Å². The molecule has 1 unspecified atom stereocenters. The number of fused-ring (bicyclic) bond motifs is 1. The van der Waals surface area contributed by atoms with Gasteiger partial charge in [-0.15, -0.1) is 0 Å². The van der Waals surface area contributed by atoms with Crippen molar-refractivity contribution in [2.75, 3.05) is 13.6 Å². The van der Waals surface area contributed by atoms with Gasteiger partial charge in [0, 0.05) is 24.4 Å². The average molecular weight is 229 g/mol. The average Bonchev–Trinajstić information content (AvgIpc) is 2.87. The summed E-state index contributed by atoms with van der Waals surface area (Å²) in [6.45, 7) is 3.36. The van der Waals surface area contributed by atoms with Crippen molar-refractivity contribution >= 4 is 5.65 Å². The molecular formula is C14H19N3. The Labute approximate surface area is 102 Å². The Kier molecular flexibility index (Phi) is 2.63. The Hall–Kier alpha value is -1.35. The van der Waals surface area contributed by atoms with Gasteiger partial charge in [0.05, 0.1) is 5.69 Å². The van der Waals surface area contributed by atoms with Gasteiger partial charge in [-0.2, -0.15) is 0 Å². The van der Waals surface area contributed by atoms with Crippen LogP contribution in [0, 0.1) is 6.92 Å². The molecule has 0 radical (unpaired) electrons. The number of imidazole rings is 1. The molecule has 1 atom stereocenters. The third-order valence-corrected chi connectivity index (χ3v) is 3.86. The van der Waals surface area contributed by atoms with Crippen LogP contribution < -0.4 is 0 Å². The number of hydrogen-bond donors (Lipinski definition) is 0. The second kappa shape index (κ2) is 4.15. The highest BCUT2D eigenvalue weighted by Gasteiger charge is 2.21. The molecule has 0 aromatic carbocycles. The quantitative estimate of drug-likeness (QED) is 0.787. The van der Waals surface area contributed by atoms with Crippen molar-refractivity contribution in [2.45, 2.75) is 32.2 Å². The number of likely N-dealkylation sites (tertiary alicyclic amines) is 1. The van der Waals surface area contributed by atoms with E-state index in [2.05, 4.69) is 47.7 Å². The summed E-state index contributed by atoms with van der Waals surface area (Å²) < 4.78 is 2.18. The maximum Gasteiger partial charge on any atom is 0.137 e. The maximum atomic E-state index is 4.71. The fraction of sp³-hybridized carbons (Fsp3) is 0.500. The van der Waals surface area contributed by atoms with Crippen LogP contribution >= 0.6 is 0 Å². The van der Waals surface area contributed by atoms with Crippen molar-refractivity contribution in [1.29, 1.82) is 0 Å². The van der Waals surface area contributed by atoms with Crippen molar-refractivity contribution in [2.24, 2.45) is 0 Å². The number of rotatable bonds is 2. The van der Waals surface area contributed by atoms with E-state index in [9.17, 15) is 0 Å². The summed E-state index contributed by atoms with van der Waals surface area (Å²) in [4.78, 5) is 7.16. The molecule has 0 bridgehead atoms. The predicted octanol–water partition coefficient (Wildman–Crippen LogP) is 2.28. The van der Waals surface area contributed by atoms with Crippen LogP contribution in [0.25, 0.3) is 5.65 Å². The lowest BCUT2D eigenvalue weighted by Gasteiger charge is -2.17. The summed E-state index contributed by atoms with van der Waals surface area (Å²) in [7, 11) is 2.22. The number of pyridine rings is 1. The largest absolute Gasteiger partial charge is 0.304 e. The van der Waals surface area contributed by atoms with Crippen molar-refractivity contribution in [3.8, 4) is 0 Å². The molecule has 2 aromatic heterocycles. The molecule has 0 saturated carbocycles. The van der Waals surface area contributed by atoms with E-state index >= 15 is 0 Å². The number of hydrogen-bond acceptors (Lipinski definition) is 2. The number of aryl methyl sites for hydroxylation is 1. The smallest absolute Gasteiger partial charge is 0.137 e. The van der Waals surface area contributed by atoms with Crippen LogP contribution in [0.3, 0.4) is 0 Å². The van der Waals surface area contributed by atoms with E-state index in [1.54, 1.807) is 0 Å². The number of likely N-dealkylation sites (N-methyl/N-ethyl adjacent to an activating group) is 1. The fourth-order valence-electron chi connectivity index (χ4n) is 2.78. The molecule has 1 saturated heterocycles. The minimum atomic E-state index is 0.681. The van der Waals surface area contributed by atoms with E-state index in [4.69, 9.17) is 4.98 Å². The molecule has 0 aliphatic carbocycles. The van der Waals surface area contributed by atoms with E-state index in [0.29, 0.717) is 6.04 Å². The molecule has 90 valence electrons.